The summed E-state index contributed by atoms with van der Waals surface area (Å²) in [5, 5.41) is 0. The van der Waals surface area contributed by atoms with Crippen molar-refractivity contribution in [3.05, 3.63) is 59.7 Å². The van der Waals surface area contributed by atoms with Crippen molar-refractivity contribution in [2.45, 2.75) is 38.5 Å². The molecule has 0 fully saturated rings. The smallest absolute Gasteiger partial charge is 0.305 e. The molecule has 2 aromatic carbocycles. The minimum Gasteiger partial charge on any atom is -0.718 e. The zero-order valence-electron chi connectivity index (χ0n) is 16.7. The third-order valence-electron chi connectivity index (χ3n) is 3.99. The quantitative estimate of drug-likeness (QED) is 0.240. The molecule has 164 valence electrons. The molecule has 6 nitrogen and oxygen atoms in total. The summed E-state index contributed by atoms with van der Waals surface area (Å²) in [5.74, 6) is -0.363. The summed E-state index contributed by atoms with van der Waals surface area (Å²) in [6.07, 6.45) is 2.53. The molecule has 0 atom stereocenters. The summed E-state index contributed by atoms with van der Waals surface area (Å²) in [6, 6.07) is 14.4. The average Bonchev–Trinajstić information content (AvgIpc) is 3.41. The van der Waals surface area contributed by atoms with Crippen LogP contribution < -0.4 is 0 Å². The molecule has 0 radical (unpaired) electrons. The molecule has 0 saturated carbocycles. The van der Waals surface area contributed by atoms with Gasteiger partial charge in [0.25, 0.3) is 0 Å². The molecular formula is C22H26FeO6-6. The Kier molecular flexibility index (Phi) is 14.1. The monoisotopic (exact) mass is 442 g/mol. The molecular weight excluding hydrogens is 416 g/mol. The van der Waals surface area contributed by atoms with Gasteiger partial charge in [0, 0.05) is 29.9 Å². The Hall–Kier alpha value is -2.50. The number of esters is 2. The van der Waals surface area contributed by atoms with E-state index in [1.807, 2.05) is 24.3 Å². The first kappa shape index (κ1) is 26.5. The van der Waals surface area contributed by atoms with E-state index in [2.05, 4.69) is 9.47 Å². The van der Waals surface area contributed by atoms with Gasteiger partial charge >= 0.3 is 11.9 Å². The number of rotatable bonds is 10. The molecule has 2 rings (SSSR count). The molecule has 0 amide bonds. The van der Waals surface area contributed by atoms with Crippen molar-refractivity contribution in [3.63, 3.8) is 0 Å². The van der Waals surface area contributed by atoms with E-state index in [0.29, 0.717) is 38.5 Å². The molecule has 2 aromatic rings. The fraction of sp³-hybridized carbons (Fsp3) is 0.364. The van der Waals surface area contributed by atoms with E-state index in [0.717, 1.165) is 11.1 Å². The molecule has 0 spiro atoms. The summed E-state index contributed by atoms with van der Waals surface area (Å²) in [4.78, 5) is 44.3. The second-order valence-electron chi connectivity index (χ2n) is 6.05. The number of hydrogen-bond acceptors (Lipinski definition) is 6. The second kappa shape index (κ2) is 15.4. The predicted octanol–water partition coefficient (Wildman–Crippen LogP) is 3.86. The maximum atomic E-state index is 11.4. The van der Waals surface area contributed by atoms with Crippen molar-refractivity contribution in [3.8, 4) is 0 Å². The van der Waals surface area contributed by atoms with Crippen LogP contribution >= 0.6 is 0 Å². The van der Waals surface area contributed by atoms with Gasteiger partial charge in [-0.3, -0.25) is 15.4 Å². The zero-order chi connectivity index (χ0) is 20.8. The van der Waals surface area contributed by atoms with Crippen molar-refractivity contribution >= 4 is 23.5 Å². The van der Waals surface area contributed by atoms with Gasteiger partial charge in [-0.05, 0) is 12.8 Å². The number of methoxy groups -OCH3 is 2. The third kappa shape index (κ3) is 11.2. The molecule has 0 aliphatic carbocycles. The standard InChI is InChI=1S/2C11H13O3.Fe/c2*1-14-11(13)8-4-7-10(12)9-5-2-3-6-9;/h2*2-3,5-6H,4,7-8H2,1H3;/q-5;-1;. The van der Waals surface area contributed by atoms with Crippen molar-refractivity contribution in [2.24, 2.45) is 0 Å². The van der Waals surface area contributed by atoms with Crippen molar-refractivity contribution < 1.29 is 45.7 Å². The van der Waals surface area contributed by atoms with Crippen LogP contribution in [0.2, 0.25) is 0 Å². The Morgan fingerprint density at radius 2 is 1.21 bits per heavy atom. The van der Waals surface area contributed by atoms with Gasteiger partial charge in [-0.15, -0.1) is 6.42 Å². The SMILES string of the molecule is COC(=O)CCCC(=O)[c-]1[cH-][cH-][cH-][cH-]1.COC(=O)CCCC(=O)[c-]1cccc1.[Fe]. The molecule has 0 aliphatic rings. The molecule has 0 unspecified atom stereocenters. The normalized spacial score (nSPS) is 9.45. The number of ketones is 2. The topological polar surface area (TPSA) is 86.7 Å². The van der Waals surface area contributed by atoms with Gasteiger partial charge in [-0.25, -0.2) is 12.1 Å². The van der Waals surface area contributed by atoms with Crippen LogP contribution in [0.15, 0.2) is 48.5 Å². The van der Waals surface area contributed by atoms with Gasteiger partial charge in [0.15, 0.2) is 0 Å². The van der Waals surface area contributed by atoms with Crippen molar-refractivity contribution in [1.82, 2.24) is 0 Å². The molecule has 0 aliphatic heterocycles. The first-order chi connectivity index (χ1) is 13.5. The molecule has 29 heavy (non-hydrogen) atoms. The molecule has 7 heteroatoms. The number of carbonyl (C=O) groups is 4. The molecule has 0 bridgehead atoms. The first-order valence-corrected chi connectivity index (χ1v) is 9.11. The van der Waals surface area contributed by atoms with Gasteiger partial charge in [-0.2, -0.15) is 12.1 Å². The maximum Gasteiger partial charge on any atom is 0.305 e. The average molecular weight is 442 g/mol. The summed E-state index contributed by atoms with van der Waals surface area (Å²) in [7, 11) is 2.70. The summed E-state index contributed by atoms with van der Waals surface area (Å²) in [5.41, 5.74) is 1.43. The molecule has 0 aromatic heterocycles. The number of hydrogen-bond donors (Lipinski definition) is 0. The third-order valence-corrected chi connectivity index (χ3v) is 3.99. The van der Waals surface area contributed by atoms with Crippen LogP contribution in [0.25, 0.3) is 0 Å². The Labute approximate surface area is 181 Å². The predicted molar refractivity (Wildman–Crippen MR) is 104 cm³/mol. The van der Waals surface area contributed by atoms with Crippen LogP contribution in [-0.4, -0.2) is 37.7 Å². The van der Waals surface area contributed by atoms with E-state index >= 15 is 0 Å². The number of carbonyl (C=O) groups excluding carboxylic acids is 4. The van der Waals surface area contributed by atoms with Crippen LogP contribution in [0.1, 0.15) is 59.2 Å². The molecule has 0 heterocycles. The van der Waals surface area contributed by atoms with E-state index in [1.54, 1.807) is 24.3 Å². The molecule has 0 saturated heterocycles. The van der Waals surface area contributed by atoms with Crippen LogP contribution in [0.3, 0.4) is 0 Å². The Morgan fingerprint density at radius 1 is 0.759 bits per heavy atom. The Bertz CT molecular complexity index is 667. The first-order valence-electron chi connectivity index (χ1n) is 9.11. The second-order valence-corrected chi connectivity index (χ2v) is 6.05. The van der Waals surface area contributed by atoms with Crippen LogP contribution in [0.5, 0.6) is 0 Å². The van der Waals surface area contributed by atoms with Gasteiger partial charge in [0.2, 0.25) is 0 Å². The van der Waals surface area contributed by atoms with Gasteiger partial charge < -0.3 is 48.9 Å². The Morgan fingerprint density at radius 3 is 1.66 bits per heavy atom. The maximum absolute atomic E-state index is 11.4. The minimum absolute atomic E-state index is 0. The van der Waals surface area contributed by atoms with Gasteiger partial charge in [0.05, 0.1) is 14.2 Å². The van der Waals surface area contributed by atoms with Crippen LogP contribution in [0.4, 0.5) is 0 Å². The van der Waals surface area contributed by atoms with Crippen molar-refractivity contribution in [1.29, 1.82) is 0 Å². The van der Waals surface area contributed by atoms with E-state index in [9.17, 15) is 19.2 Å². The molecule has 0 N–H and O–H groups in total. The number of Topliss-reactive ketones (excluding diaryl/α,β-unsaturated/α-hetero) is 2. The fourth-order valence-corrected chi connectivity index (χ4v) is 2.40. The largest absolute Gasteiger partial charge is 0.718 e. The van der Waals surface area contributed by atoms with E-state index < -0.39 is 0 Å². The van der Waals surface area contributed by atoms with E-state index in [1.165, 1.54) is 14.2 Å². The summed E-state index contributed by atoms with van der Waals surface area (Å²) >= 11 is 0. The fourth-order valence-electron chi connectivity index (χ4n) is 2.40. The minimum atomic E-state index is -0.264. The van der Waals surface area contributed by atoms with E-state index in [-0.39, 0.29) is 40.6 Å². The van der Waals surface area contributed by atoms with Gasteiger partial charge in [-0.1, -0.05) is 12.0 Å². The van der Waals surface area contributed by atoms with Gasteiger partial charge in [0.1, 0.15) is 5.78 Å². The van der Waals surface area contributed by atoms with Crippen molar-refractivity contribution in [2.75, 3.05) is 14.2 Å². The summed E-state index contributed by atoms with van der Waals surface area (Å²) < 4.78 is 8.94. The number of ether oxygens (including phenoxy) is 2. The van der Waals surface area contributed by atoms with E-state index in [4.69, 9.17) is 0 Å². The Balaban J connectivity index is 0.000000523. The van der Waals surface area contributed by atoms with Crippen LogP contribution in [0, 0.1) is 0 Å². The van der Waals surface area contributed by atoms with Crippen LogP contribution in [-0.2, 0) is 36.1 Å². The summed E-state index contributed by atoms with van der Waals surface area (Å²) in [6.45, 7) is 0. The zero-order valence-corrected chi connectivity index (χ0v) is 17.8.